The number of benzene rings is 2. The third-order valence-corrected chi connectivity index (χ3v) is 8.19. The fourth-order valence-electron chi connectivity index (χ4n) is 3.08. The first kappa shape index (κ1) is 26.1. The van der Waals surface area contributed by atoms with Crippen LogP contribution in [-0.4, -0.2) is 65.9 Å². The number of halogens is 1. The number of rotatable bonds is 7. The first-order valence-electron chi connectivity index (χ1n) is 9.87. The first-order chi connectivity index (χ1) is 15.9. The second-order valence-corrected chi connectivity index (χ2v) is 11.2. The van der Waals surface area contributed by atoms with Gasteiger partial charge in [-0.1, -0.05) is 17.7 Å². The Hall–Kier alpha value is -2.55. The molecule has 0 saturated carbocycles. The molecular weight excluding hydrogens is 510 g/mol. The van der Waals surface area contributed by atoms with Crippen molar-refractivity contribution >= 4 is 49.2 Å². The van der Waals surface area contributed by atoms with Crippen LogP contribution in [0.15, 0.2) is 46.2 Å². The standard InChI is InChI=1S/C20H22ClN3O8S2/c1-13-2-4-15(34(29,30)24-6-8-31-9-7-24)11-17(13)23-19(25)12-32-20(26)14-3-5-16(21)18(10-14)33(22,27)28/h2-5,10-11H,6-9,12H2,1H3,(H,23,25)(H2,22,27,28). The molecule has 0 aliphatic carbocycles. The van der Waals surface area contributed by atoms with Crippen molar-refractivity contribution in [2.45, 2.75) is 16.7 Å². The van der Waals surface area contributed by atoms with Crippen LogP contribution in [0.3, 0.4) is 0 Å². The maximum absolute atomic E-state index is 12.9. The largest absolute Gasteiger partial charge is 0.452 e. The molecule has 0 radical (unpaired) electrons. The first-order valence-corrected chi connectivity index (χ1v) is 13.2. The van der Waals surface area contributed by atoms with Gasteiger partial charge in [-0.2, -0.15) is 4.31 Å². The number of primary sulfonamides is 1. The quantitative estimate of drug-likeness (QED) is 0.502. The summed E-state index contributed by atoms with van der Waals surface area (Å²) in [7, 11) is -7.94. The number of esters is 1. The van der Waals surface area contributed by atoms with Crippen molar-refractivity contribution in [1.29, 1.82) is 0 Å². The van der Waals surface area contributed by atoms with Gasteiger partial charge in [0.1, 0.15) is 4.90 Å². The molecule has 184 valence electrons. The minimum atomic E-state index is -4.17. The maximum Gasteiger partial charge on any atom is 0.338 e. The van der Waals surface area contributed by atoms with E-state index in [9.17, 15) is 26.4 Å². The lowest BCUT2D eigenvalue weighted by atomic mass is 10.2. The number of amides is 1. The minimum Gasteiger partial charge on any atom is -0.452 e. The Morgan fingerprint density at radius 2 is 1.79 bits per heavy atom. The summed E-state index contributed by atoms with van der Waals surface area (Å²) >= 11 is 5.79. The molecule has 1 saturated heterocycles. The minimum absolute atomic E-state index is 0.00369. The number of morpholine rings is 1. The van der Waals surface area contributed by atoms with Crippen molar-refractivity contribution in [3.63, 3.8) is 0 Å². The zero-order valence-corrected chi connectivity index (χ0v) is 20.4. The van der Waals surface area contributed by atoms with Crippen LogP contribution in [0, 0.1) is 6.92 Å². The summed E-state index contributed by atoms with van der Waals surface area (Å²) in [5, 5.41) is 7.41. The molecule has 1 aliphatic rings. The Morgan fingerprint density at radius 3 is 2.44 bits per heavy atom. The molecule has 1 amide bonds. The van der Waals surface area contributed by atoms with Crippen molar-refractivity contribution in [2.24, 2.45) is 5.14 Å². The second-order valence-electron chi connectivity index (χ2n) is 7.31. The monoisotopic (exact) mass is 531 g/mol. The van der Waals surface area contributed by atoms with E-state index in [1.165, 1.54) is 28.6 Å². The maximum atomic E-state index is 12.9. The molecule has 1 aliphatic heterocycles. The van der Waals surface area contributed by atoms with Gasteiger partial charge in [0, 0.05) is 18.8 Å². The van der Waals surface area contributed by atoms with Crippen LogP contribution < -0.4 is 10.5 Å². The van der Waals surface area contributed by atoms with Gasteiger partial charge >= 0.3 is 5.97 Å². The molecule has 0 spiro atoms. The van der Waals surface area contributed by atoms with Gasteiger partial charge in [-0.25, -0.2) is 26.8 Å². The SMILES string of the molecule is Cc1ccc(S(=O)(=O)N2CCOCC2)cc1NC(=O)COC(=O)c1ccc(Cl)c(S(N)(=O)=O)c1. The molecule has 2 aromatic carbocycles. The van der Waals surface area contributed by atoms with E-state index in [0.717, 1.165) is 6.07 Å². The van der Waals surface area contributed by atoms with Gasteiger partial charge in [-0.3, -0.25) is 4.79 Å². The number of sulfonamides is 2. The molecule has 1 heterocycles. The van der Waals surface area contributed by atoms with Crippen LogP contribution in [0.25, 0.3) is 0 Å². The third-order valence-electron chi connectivity index (χ3n) is 4.90. The van der Waals surface area contributed by atoms with Gasteiger partial charge in [0.2, 0.25) is 20.0 Å². The fraction of sp³-hybridized carbons (Fsp3) is 0.300. The molecule has 14 heteroatoms. The average Bonchev–Trinajstić information content (AvgIpc) is 2.79. The normalized spacial score (nSPS) is 15.0. The number of aryl methyl sites for hydroxylation is 1. The van der Waals surface area contributed by atoms with E-state index in [4.69, 9.17) is 26.2 Å². The Balaban J connectivity index is 1.68. The number of carbonyl (C=O) groups excluding carboxylic acids is 2. The van der Waals surface area contributed by atoms with Crippen LogP contribution in [-0.2, 0) is 34.3 Å². The Morgan fingerprint density at radius 1 is 1.12 bits per heavy atom. The number of nitrogens with zero attached hydrogens (tertiary/aromatic N) is 1. The summed E-state index contributed by atoms with van der Waals surface area (Å²) in [4.78, 5) is 24.1. The predicted molar refractivity (Wildman–Crippen MR) is 122 cm³/mol. The van der Waals surface area contributed by atoms with Crippen molar-refractivity contribution in [3.05, 3.63) is 52.5 Å². The van der Waals surface area contributed by atoms with Crippen LogP contribution in [0.4, 0.5) is 5.69 Å². The highest BCUT2D eigenvalue weighted by Crippen LogP contribution is 2.24. The highest BCUT2D eigenvalue weighted by atomic mass is 35.5. The van der Waals surface area contributed by atoms with Gasteiger partial charge in [-0.05, 0) is 42.8 Å². The smallest absolute Gasteiger partial charge is 0.338 e. The molecule has 0 unspecified atom stereocenters. The van der Waals surface area contributed by atoms with Crippen LogP contribution in [0.2, 0.25) is 5.02 Å². The summed E-state index contributed by atoms with van der Waals surface area (Å²) in [5.41, 5.74) is 0.658. The lowest BCUT2D eigenvalue weighted by molar-refractivity contribution is -0.119. The van der Waals surface area contributed by atoms with Crippen molar-refractivity contribution < 1.29 is 35.9 Å². The lowest BCUT2D eigenvalue weighted by Crippen LogP contribution is -2.40. The van der Waals surface area contributed by atoms with Crippen molar-refractivity contribution in [3.8, 4) is 0 Å². The van der Waals surface area contributed by atoms with Crippen molar-refractivity contribution in [2.75, 3.05) is 38.2 Å². The number of hydrogen-bond acceptors (Lipinski definition) is 8. The van der Waals surface area contributed by atoms with Gasteiger partial charge in [0.25, 0.3) is 5.91 Å². The summed E-state index contributed by atoms with van der Waals surface area (Å²) in [6.07, 6.45) is 0. The number of ether oxygens (including phenoxy) is 2. The highest BCUT2D eigenvalue weighted by molar-refractivity contribution is 7.89. The number of carbonyl (C=O) groups is 2. The van der Waals surface area contributed by atoms with Gasteiger partial charge in [-0.15, -0.1) is 0 Å². The van der Waals surface area contributed by atoms with Crippen molar-refractivity contribution in [1.82, 2.24) is 4.31 Å². The third kappa shape index (κ3) is 6.11. The van der Waals surface area contributed by atoms with E-state index in [1.54, 1.807) is 13.0 Å². The number of nitrogens with two attached hydrogens (primary N) is 1. The molecule has 0 atom stereocenters. The molecule has 0 aromatic heterocycles. The predicted octanol–water partition coefficient (Wildman–Crippen LogP) is 1.11. The fourth-order valence-corrected chi connectivity index (χ4v) is 5.59. The lowest BCUT2D eigenvalue weighted by Gasteiger charge is -2.26. The van der Waals surface area contributed by atoms with E-state index in [0.29, 0.717) is 18.8 Å². The summed E-state index contributed by atoms with van der Waals surface area (Å²) in [6, 6.07) is 7.67. The molecule has 0 bridgehead atoms. The number of nitrogens with one attached hydrogen (secondary N) is 1. The Kier molecular flexibility index (Phi) is 7.95. The summed E-state index contributed by atoms with van der Waals surface area (Å²) < 4.78 is 60.2. The van der Waals surface area contributed by atoms with E-state index in [-0.39, 0.29) is 34.3 Å². The topological polar surface area (TPSA) is 162 Å². The van der Waals surface area contributed by atoms with E-state index in [2.05, 4.69) is 5.32 Å². The Bertz CT molecular complexity index is 1320. The van der Waals surface area contributed by atoms with Crippen LogP contribution >= 0.6 is 11.6 Å². The van der Waals surface area contributed by atoms with Gasteiger partial charge in [0.15, 0.2) is 6.61 Å². The average molecular weight is 532 g/mol. The summed E-state index contributed by atoms with van der Waals surface area (Å²) in [5.74, 6) is -1.70. The zero-order chi connectivity index (χ0) is 25.1. The second kappa shape index (κ2) is 10.4. The number of anilines is 1. The molecular formula is C20H22ClN3O8S2. The van der Waals surface area contributed by atoms with Gasteiger partial charge < -0.3 is 14.8 Å². The molecule has 34 heavy (non-hydrogen) atoms. The highest BCUT2D eigenvalue weighted by Gasteiger charge is 2.27. The molecule has 3 N–H and O–H groups in total. The summed E-state index contributed by atoms with van der Waals surface area (Å²) in [6.45, 7) is 2.03. The molecule has 2 aromatic rings. The number of hydrogen-bond donors (Lipinski definition) is 2. The Labute approximate surface area is 201 Å². The molecule has 1 fully saturated rings. The molecule has 11 nitrogen and oxygen atoms in total. The van der Waals surface area contributed by atoms with E-state index >= 15 is 0 Å². The van der Waals surface area contributed by atoms with E-state index < -0.39 is 43.4 Å². The van der Waals surface area contributed by atoms with E-state index in [1.807, 2.05) is 0 Å². The zero-order valence-electron chi connectivity index (χ0n) is 18.0. The van der Waals surface area contributed by atoms with Crippen LogP contribution in [0.5, 0.6) is 0 Å². The van der Waals surface area contributed by atoms with Crippen LogP contribution in [0.1, 0.15) is 15.9 Å². The molecule has 3 rings (SSSR count). The van der Waals surface area contributed by atoms with Gasteiger partial charge in [0.05, 0.1) is 28.7 Å².